The van der Waals surface area contributed by atoms with Crippen LogP contribution in [0.5, 0.6) is 0 Å². The molecule has 0 aromatic carbocycles. The number of hydrogen-bond acceptors (Lipinski definition) is 4. The highest BCUT2D eigenvalue weighted by Gasteiger charge is 2.25. The molecule has 0 bridgehead atoms. The van der Waals surface area contributed by atoms with E-state index >= 15 is 0 Å². The molecule has 15 heavy (non-hydrogen) atoms. The Labute approximate surface area is 89.7 Å². The van der Waals surface area contributed by atoms with Gasteiger partial charge >= 0.3 is 5.97 Å². The Hall–Kier alpha value is -0.660. The average Bonchev–Trinajstić information content (AvgIpc) is 1.99. The third-order valence-electron chi connectivity index (χ3n) is 2.32. The molecule has 5 N–H and O–H groups in total. The molecule has 3 atom stereocenters. The van der Waals surface area contributed by atoms with Crippen molar-refractivity contribution < 1.29 is 18.3 Å². The molecule has 0 aliphatic rings. The van der Waals surface area contributed by atoms with Crippen molar-refractivity contribution in [1.82, 2.24) is 0 Å². The van der Waals surface area contributed by atoms with Gasteiger partial charge in [-0.3, -0.25) is 4.79 Å². The fourth-order valence-electron chi connectivity index (χ4n) is 1.28. The van der Waals surface area contributed by atoms with Crippen molar-refractivity contribution >= 4 is 16.0 Å². The van der Waals surface area contributed by atoms with Gasteiger partial charge in [0.15, 0.2) is 0 Å². The highest BCUT2D eigenvalue weighted by Crippen LogP contribution is 2.13. The molecule has 0 unspecified atom stereocenters. The third kappa shape index (κ3) is 5.71. The van der Waals surface area contributed by atoms with E-state index in [2.05, 4.69) is 0 Å². The van der Waals surface area contributed by atoms with Gasteiger partial charge in [-0.25, -0.2) is 13.6 Å². The maximum absolute atomic E-state index is 11.0. The lowest BCUT2D eigenvalue weighted by Crippen LogP contribution is -2.42. The number of rotatable bonds is 6. The van der Waals surface area contributed by atoms with Gasteiger partial charge in [-0.2, -0.15) is 0 Å². The van der Waals surface area contributed by atoms with Crippen LogP contribution in [0.4, 0.5) is 0 Å². The van der Waals surface area contributed by atoms with E-state index in [9.17, 15) is 13.2 Å². The summed E-state index contributed by atoms with van der Waals surface area (Å²) in [6.45, 7) is 3.14. The molecule has 0 spiro atoms. The minimum Gasteiger partial charge on any atom is -0.481 e. The maximum Gasteiger partial charge on any atom is 0.303 e. The van der Waals surface area contributed by atoms with E-state index in [1.165, 1.54) is 6.92 Å². The summed E-state index contributed by atoms with van der Waals surface area (Å²) in [6.07, 6.45) is 0.301. The number of hydrogen-bond donors (Lipinski definition) is 3. The van der Waals surface area contributed by atoms with E-state index in [1.807, 2.05) is 0 Å². The predicted molar refractivity (Wildman–Crippen MR) is 56.6 cm³/mol. The standard InChI is InChI=1S/C8H18N2O4S/c1-5(4-8(11)12)3-7(9)6(2)15(10,13)14/h5-7H,3-4,9H2,1-2H3,(H,11,12)(H2,10,13,14)/t5-,6+,7+/m0/s1. The van der Waals surface area contributed by atoms with Gasteiger partial charge in [-0.15, -0.1) is 0 Å². The van der Waals surface area contributed by atoms with Gasteiger partial charge < -0.3 is 10.8 Å². The molecule has 0 saturated heterocycles. The van der Waals surface area contributed by atoms with E-state index in [0.717, 1.165) is 0 Å². The van der Waals surface area contributed by atoms with Gasteiger partial charge in [0.05, 0.1) is 5.25 Å². The smallest absolute Gasteiger partial charge is 0.303 e. The van der Waals surface area contributed by atoms with E-state index in [0.29, 0.717) is 6.42 Å². The quantitative estimate of drug-likeness (QED) is 0.575. The van der Waals surface area contributed by atoms with Gasteiger partial charge in [0.2, 0.25) is 10.0 Å². The van der Waals surface area contributed by atoms with Gasteiger partial charge in [-0.1, -0.05) is 6.92 Å². The number of primary sulfonamides is 1. The molecule has 0 amide bonds. The van der Waals surface area contributed by atoms with Crippen LogP contribution in [-0.2, 0) is 14.8 Å². The van der Waals surface area contributed by atoms with Gasteiger partial charge in [-0.05, 0) is 19.3 Å². The number of sulfonamides is 1. The highest BCUT2D eigenvalue weighted by atomic mass is 32.2. The number of aliphatic carboxylic acids is 1. The third-order valence-corrected chi connectivity index (χ3v) is 3.70. The van der Waals surface area contributed by atoms with E-state index in [-0.39, 0.29) is 12.3 Å². The summed E-state index contributed by atoms with van der Waals surface area (Å²) in [7, 11) is -3.65. The molecule has 0 saturated carbocycles. The minimum absolute atomic E-state index is 0.0228. The second kappa shape index (κ2) is 5.43. The Bertz CT molecular complexity index is 315. The van der Waals surface area contributed by atoms with Crippen LogP contribution >= 0.6 is 0 Å². The second-order valence-electron chi connectivity index (χ2n) is 3.90. The first-order chi connectivity index (χ1) is 6.64. The summed E-state index contributed by atoms with van der Waals surface area (Å²) in [5, 5.41) is 12.6. The zero-order valence-corrected chi connectivity index (χ0v) is 9.70. The Morgan fingerprint density at radius 2 is 1.87 bits per heavy atom. The largest absolute Gasteiger partial charge is 0.481 e. The van der Waals surface area contributed by atoms with Crippen molar-refractivity contribution in [3.8, 4) is 0 Å². The molecule has 0 heterocycles. The monoisotopic (exact) mass is 238 g/mol. The molecule has 90 valence electrons. The molecule has 0 fully saturated rings. The number of carboxylic acid groups (broad SMARTS) is 1. The van der Waals surface area contributed by atoms with Crippen LogP contribution in [0.2, 0.25) is 0 Å². The van der Waals surface area contributed by atoms with E-state index in [4.69, 9.17) is 16.0 Å². The van der Waals surface area contributed by atoms with Crippen molar-refractivity contribution in [2.45, 2.75) is 38.0 Å². The minimum atomic E-state index is -3.65. The van der Waals surface area contributed by atoms with Crippen molar-refractivity contribution in [2.24, 2.45) is 16.8 Å². The number of carbonyl (C=O) groups is 1. The van der Waals surface area contributed by atoms with Gasteiger partial charge in [0, 0.05) is 12.5 Å². The summed E-state index contributed by atoms with van der Waals surface area (Å²) in [5.74, 6) is -1.08. The molecule has 0 aliphatic heterocycles. The molecule has 7 heteroatoms. The first kappa shape index (κ1) is 14.3. The number of nitrogens with two attached hydrogens (primary N) is 2. The Balaban J connectivity index is 4.25. The lowest BCUT2D eigenvalue weighted by atomic mass is 9.97. The van der Waals surface area contributed by atoms with Crippen molar-refractivity contribution in [3.05, 3.63) is 0 Å². The van der Waals surface area contributed by atoms with Crippen LogP contribution < -0.4 is 10.9 Å². The van der Waals surface area contributed by atoms with Crippen LogP contribution in [-0.4, -0.2) is 30.8 Å². The summed E-state index contributed by atoms with van der Waals surface area (Å²) >= 11 is 0. The normalized spacial score (nSPS) is 18.1. The molecule has 0 radical (unpaired) electrons. The average molecular weight is 238 g/mol. The molecule has 0 rings (SSSR count). The molecular weight excluding hydrogens is 220 g/mol. The molecule has 6 nitrogen and oxygen atoms in total. The zero-order valence-electron chi connectivity index (χ0n) is 8.88. The van der Waals surface area contributed by atoms with Crippen molar-refractivity contribution in [3.63, 3.8) is 0 Å². The molecular formula is C8H18N2O4S. The summed E-state index contributed by atoms with van der Waals surface area (Å²) in [4.78, 5) is 10.4. The Kier molecular flexibility index (Phi) is 5.19. The summed E-state index contributed by atoms with van der Waals surface area (Å²) in [6, 6.07) is -0.630. The highest BCUT2D eigenvalue weighted by molar-refractivity contribution is 7.89. The fraction of sp³-hybridized carbons (Fsp3) is 0.875. The van der Waals surface area contributed by atoms with E-state index in [1.54, 1.807) is 6.92 Å². The topological polar surface area (TPSA) is 123 Å². The fourth-order valence-corrected chi connectivity index (χ4v) is 1.88. The number of carboxylic acids is 1. The van der Waals surface area contributed by atoms with Crippen LogP contribution in [0.1, 0.15) is 26.7 Å². The second-order valence-corrected chi connectivity index (χ2v) is 5.82. The molecule has 0 aromatic rings. The lowest BCUT2D eigenvalue weighted by molar-refractivity contribution is -0.138. The maximum atomic E-state index is 11.0. The van der Waals surface area contributed by atoms with Crippen LogP contribution in [0, 0.1) is 5.92 Å². The predicted octanol–water partition coefficient (Wildman–Crippen LogP) is -0.508. The zero-order chi connectivity index (χ0) is 12.2. The van der Waals surface area contributed by atoms with E-state index < -0.39 is 27.3 Å². The Morgan fingerprint density at radius 3 is 2.20 bits per heavy atom. The van der Waals surface area contributed by atoms with Crippen LogP contribution in [0.15, 0.2) is 0 Å². The van der Waals surface area contributed by atoms with Gasteiger partial charge in [0.25, 0.3) is 0 Å². The Morgan fingerprint density at radius 1 is 1.40 bits per heavy atom. The van der Waals surface area contributed by atoms with Crippen LogP contribution in [0.25, 0.3) is 0 Å². The van der Waals surface area contributed by atoms with Crippen LogP contribution in [0.3, 0.4) is 0 Å². The molecule has 0 aliphatic carbocycles. The summed E-state index contributed by atoms with van der Waals surface area (Å²) < 4.78 is 21.9. The van der Waals surface area contributed by atoms with Crippen molar-refractivity contribution in [1.29, 1.82) is 0 Å². The summed E-state index contributed by atoms with van der Waals surface area (Å²) in [5.41, 5.74) is 5.63. The molecule has 0 aromatic heterocycles. The first-order valence-electron chi connectivity index (χ1n) is 4.63. The van der Waals surface area contributed by atoms with Gasteiger partial charge in [0.1, 0.15) is 0 Å². The lowest BCUT2D eigenvalue weighted by Gasteiger charge is -2.20. The van der Waals surface area contributed by atoms with Crippen molar-refractivity contribution in [2.75, 3.05) is 0 Å². The first-order valence-corrected chi connectivity index (χ1v) is 6.24. The SMILES string of the molecule is C[C@H](CC(=O)O)C[C@@H](N)[C@@H](C)S(N)(=O)=O.